The molecule has 1 unspecified atom stereocenters. The number of nitrogens with one attached hydrogen (secondary N) is 1. The van der Waals surface area contributed by atoms with E-state index in [1.807, 2.05) is 25.1 Å². The van der Waals surface area contributed by atoms with Gasteiger partial charge in [0.1, 0.15) is 5.75 Å². The van der Waals surface area contributed by atoms with Crippen molar-refractivity contribution < 1.29 is 14.3 Å². The fourth-order valence-electron chi connectivity index (χ4n) is 1.97. The van der Waals surface area contributed by atoms with Crippen LogP contribution in [0.3, 0.4) is 0 Å². The first-order valence-corrected chi connectivity index (χ1v) is 7.18. The molecular weight excluding hydrogens is 310 g/mol. The molecule has 1 aromatic rings. The molecule has 0 radical (unpaired) electrons. The monoisotopic (exact) mass is 327 g/mol. The molecule has 0 bridgehead atoms. The molecule has 1 aliphatic rings. The fraction of sp³-hybridized carbons (Fsp3) is 0.500. The molecule has 1 fully saturated rings. The second-order valence-corrected chi connectivity index (χ2v) is 5.65. The summed E-state index contributed by atoms with van der Waals surface area (Å²) in [6.45, 7) is 4.22. The average molecular weight is 328 g/mol. The van der Waals surface area contributed by atoms with Gasteiger partial charge in [-0.25, -0.2) is 0 Å². The zero-order valence-corrected chi connectivity index (χ0v) is 12.5. The molecular formula is C14H18BrNO3. The van der Waals surface area contributed by atoms with E-state index in [9.17, 15) is 4.79 Å². The summed E-state index contributed by atoms with van der Waals surface area (Å²) in [5.74, 6) is 1.09. The Kier molecular flexibility index (Phi) is 5.22. The van der Waals surface area contributed by atoms with E-state index < -0.39 is 0 Å². The van der Waals surface area contributed by atoms with Crippen LogP contribution in [0.25, 0.3) is 0 Å². The molecule has 0 aliphatic carbocycles. The topological polar surface area (TPSA) is 47.6 Å². The lowest BCUT2D eigenvalue weighted by Crippen LogP contribution is -2.33. The van der Waals surface area contributed by atoms with E-state index in [2.05, 4.69) is 21.2 Å². The molecule has 1 heterocycles. The lowest BCUT2D eigenvalue weighted by Gasteiger charge is -2.11. The number of benzene rings is 1. The molecule has 1 saturated heterocycles. The standard InChI is InChI=1S/C14H18BrNO3/c1-10-6-12(15)2-3-13(10)19-9-14(17)16-7-11-4-5-18-8-11/h2-3,6,11H,4-5,7-9H2,1H3,(H,16,17). The lowest BCUT2D eigenvalue weighted by molar-refractivity contribution is -0.123. The Balaban J connectivity index is 1.73. The van der Waals surface area contributed by atoms with E-state index in [0.717, 1.165) is 35.4 Å². The van der Waals surface area contributed by atoms with Gasteiger partial charge in [-0.1, -0.05) is 15.9 Å². The van der Waals surface area contributed by atoms with Gasteiger partial charge in [-0.3, -0.25) is 4.79 Å². The Hall–Kier alpha value is -1.07. The predicted octanol–water partition coefficient (Wildman–Crippen LogP) is 2.29. The van der Waals surface area contributed by atoms with E-state index >= 15 is 0 Å². The van der Waals surface area contributed by atoms with Crippen molar-refractivity contribution >= 4 is 21.8 Å². The maximum Gasteiger partial charge on any atom is 0.257 e. The van der Waals surface area contributed by atoms with Crippen LogP contribution in [0.4, 0.5) is 0 Å². The molecule has 1 N–H and O–H groups in total. The van der Waals surface area contributed by atoms with Gasteiger partial charge >= 0.3 is 0 Å². The largest absolute Gasteiger partial charge is 0.484 e. The van der Waals surface area contributed by atoms with Crippen LogP contribution in [-0.2, 0) is 9.53 Å². The summed E-state index contributed by atoms with van der Waals surface area (Å²) in [7, 11) is 0. The normalized spacial score (nSPS) is 18.3. The van der Waals surface area contributed by atoms with Crippen LogP contribution < -0.4 is 10.1 Å². The molecule has 1 atom stereocenters. The minimum Gasteiger partial charge on any atom is -0.484 e. The fourth-order valence-corrected chi connectivity index (χ4v) is 2.45. The van der Waals surface area contributed by atoms with E-state index in [-0.39, 0.29) is 12.5 Å². The van der Waals surface area contributed by atoms with Crippen molar-refractivity contribution in [1.82, 2.24) is 5.32 Å². The SMILES string of the molecule is Cc1cc(Br)ccc1OCC(=O)NCC1CCOC1. The van der Waals surface area contributed by atoms with Crippen molar-refractivity contribution in [2.75, 3.05) is 26.4 Å². The summed E-state index contributed by atoms with van der Waals surface area (Å²) in [5, 5.41) is 2.87. The van der Waals surface area contributed by atoms with Gasteiger partial charge in [0.05, 0.1) is 6.61 Å². The third kappa shape index (κ3) is 4.51. The number of hydrogen-bond donors (Lipinski definition) is 1. The highest BCUT2D eigenvalue weighted by Gasteiger charge is 2.16. The van der Waals surface area contributed by atoms with Crippen LogP contribution in [0.1, 0.15) is 12.0 Å². The summed E-state index contributed by atoms with van der Waals surface area (Å²) in [6, 6.07) is 5.72. The van der Waals surface area contributed by atoms with E-state index in [4.69, 9.17) is 9.47 Å². The number of ether oxygens (including phenoxy) is 2. The smallest absolute Gasteiger partial charge is 0.257 e. The van der Waals surface area contributed by atoms with Crippen LogP contribution >= 0.6 is 15.9 Å². The van der Waals surface area contributed by atoms with Crippen LogP contribution in [-0.4, -0.2) is 32.3 Å². The lowest BCUT2D eigenvalue weighted by atomic mass is 10.1. The first-order valence-electron chi connectivity index (χ1n) is 6.38. The maximum absolute atomic E-state index is 11.7. The zero-order chi connectivity index (χ0) is 13.7. The Bertz CT molecular complexity index is 444. The minimum absolute atomic E-state index is 0.0516. The molecule has 0 saturated carbocycles. The van der Waals surface area contributed by atoms with Gasteiger partial charge in [-0.15, -0.1) is 0 Å². The highest BCUT2D eigenvalue weighted by molar-refractivity contribution is 9.10. The molecule has 1 aliphatic heterocycles. The summed E-state index contributed by atoms with van der Waals surface area (Å²) in [4.78, 5) is 11.7. The quantitative estimate of drug-likeness (QED) is 0.902. The van der Waals surface area contributed by atoms with Crippen molar-refractivity contribution in [3.63, 3.8) is 0 Å². The van der Waals surface area contributed by atoms with Gasteiger partial charge in [-0.05, 0) is 37.1 Å². The number of carbonyl (C=O) groups is 1. The van der Waals surface area contributed by atoms with Crippen LogP contribution in [0.5, 0.6) is 5.75 Å². The van der Waals surface area contributed by atoms with Crippen LogP contribution in [0, 0.1) is 12.8 Å². The average Bonchev–Trinajstić information content (AvgIpc) is 2.88. The Morgan fingerprint density at radius 3 is 3.11 bits per heavy atom. The summed E-state index contributed by atoms with van der Waals surface area (Å²) in [5.41, 5.74) is 1.01. The van der Waals surface area contributed by atoms with Crippen molar-refractivity contribution in [3.05, 3.63) is 28.2 Å². The number of amides is 1. The molecule has 19 heavy (non-hydrogen) atoms. The van der Waals surface area contributed by atoms with Gasteiger partial charge in [0.25, 0.3) is 5.91 Å². The van der Waals surface area contributed by atoms with E-state index in [1.165, 1.54) is 0 Å². The van der Waals surface area contributed by atoms with Crippen molar-refractivity contribution in [1.29, 1.82) is 0 Å². The second kappa shape index (κ2) is 6.91. The highest BCUT2D eigenvalue weighted by Crippen LogP contribution is 2.21. The van der Waals surface area contributed by atoms with Gasteiger partial charge in [0.2, 0.25) is 0 Å². The van der Waals surface area contributed by atoms with Crippen molar-refractivity contribution in [2.45, 2.75) is 13.3 Å². The van der Waals surface area contributed by atoms with Gasteiger partial charge < -0.3 is 14.8 Å². The van der Waals surface area contributed by atoms with Crippen LogP contribution in [0.2, 0.25) is 0 Å². The number of aryl methyl sites for hydroxylation is 1. The third-order valence-corrected chi connectivity index (χ3v) is 3.60. The first kappa shape index (κ1) is 14.3. The van der Waals surface area contributed by atoms with E-state index in [1.54, 1.807) is 0 Å². The molecule has 1 aromatic carbocycles. The summed E-state index contributed by atoms with van der Waals surface area (Å²) in [6.07, 6.45) is 1.02. The van der Waals surface area contributed by atoms with Crippen LogP contribution in [0.15, 0.2) is 22.7 Å². The van der Waals surface area contributed by atoms with E-state index in [0.29, 0.717) is 12.5 Å². The van der Waals surface area contributed by atoms with Gasteiger partial charge in [0, 0.05) is 23.5 Å². The molecule has 2 rings (SSSR count). The Labute approximate surface area is 121 Å². The molecule has 0 spiro atoms. The summed E-state index contributed by atoms with van der Waals surface area (Å²) < 4.78 is 11.8. The summed E-state index contributed by atoms with van der Waals surface area (Å²) >= 11 is 3.39. The molecule has 5 heteroatoms. The number of halogens is 1. The third-order valence-electron chi connectivity index (χ3n) is 3.11. The molecule has 104 valence electrons. The predicted molar refractivity (Wildman–Crippen MR) is 76.3 cm³/mol. The Morgan fingerprint density at radius 1 is 1.58 bits per heavy atom. The number of rotatable bonds is 5. The van der Waals surface area contributed by atoms with Crippen molar-refractivity contribution in [2.24, 2.45) is 5.92 Å². The Morgan fingerprint density at radius 2 is 2.42 bits per heavy atom. The van der Waals surface area contributed by atoms with Crippen molar-refractivity contribution in [3.8, 4) is 5.75 Å². The number of hydrogen-bond acceptors (Lipinski definition) is 3. The second-order valence-electron chi connectivity index (χ2n) is 4.73. The number of carbonyl (C=O) groups excluding carboxylic acids is 1. The molecule has 0 aromatic heterocycles. The highest BCUT2D eigenvalue weighted by atomic mass is 79.9. The first-order chi connectivity index (χ1) is 9.15. The van der Waals surface area contributed by atoms with Gasteiger partial charge in [0.15, 0.2) is 6.61 Å². The minimum atomic E-state index is -0.0887. The zero-order valence-electron chi connectivity index (χ0n) is 10.9. The molecule has 4 nitrogen and oxygen atoms in total. The maximum atomic E-state index is 11.7. The molecule has 1 amide bonds. The van der Waals surface area contributed by atoms with Gasteiger partial charge in [-0.2, -0.15) is 0 Å².